The fraction of sp³-hybridized carbons (Fsp3) is 0.452. The Kier molecular flexibility index (Phi) is 9.21. The van der Waals surface area contributed by atoms with Crippen LogP contribution in [0.2, 0.25) is 0 Å². The number of likely N-dealkylation sites (N-methyl/N-ethyl adjacent to an activating group) is 1. The number of sulfone groups is 1. The number of ether oxygens (including phenoxy) is 2. The van der Waals surface area contributed by atoms with Crippen molar-refractivity contribution in [3.8, 4) is 17.0 Å². The maximum absolute atomic E-state index is 13.3. The predicted molar refractivity (Wildman–Crippen MR) is 163 cm³/mol. The van der Waals surface area contributed by atoms with E-state index in [1.165, 1.54) is 11.3 Å². The molecule has 2 aromatic carbocycles. The van der Waals surface area contributed by atoms with Crippen molar-refractivity contribution < 1.29 is 37.1 Å². The van der Waals surface area contributed by atoms with E-state index in [1.807, 2.05) is 29.6 Å². The average molecular weight is 629 g/mol. The van der Waals surface area contributed by atoms with E-state index in [9.17, 15) is 23.1 Å². The molecular weight excluding hydrogens is 590 g/mol. The lowest BCUT2D eigenvalue weighted by molar-refractivity contribution is -0.917. The first-order chi connectivity index (χ1) is 20.5. The Morgan fingerprint density at radius 2 is 1.84 bits per heavy atom. The molecule has 2 heterocycles. The van der Waals surface area contributed by atoms with Gasteiger partial charge in [0.2, 0.25) is 5.91 Å². The van der Waals surface area contributed by atoms with Crippen molar-refractivity contribution >= 4 is 33.1 Å². The highest BCUT2D eigenvalue weighted by molar-refractivity contribution is 7.90. The van der Waals surface area contributed by atoms with Crippen LogP contribution in [0.25, 0.3) is 11.3 Å². The Labute approximate surface area is 256 Å². The van der Waals surface area contributed by atoms with Crippen molar-refractivity contribution in [1.29, 1.82) is 0 Å². The molecule has 0 spiro atoms. The van der Waals surface area contributed by atoms with Gasteiger partial charge in [0.05, 0.1) is 57.5 Å². The third-order valence-corrected chi connectivity index (χ3v) is 10.4. The van der Waals surface area contributed by atoms with E-state index < -0.39 is 21.2 Å². The first kappa shape index (κ1) is 31.1. The summed E-state index contributed by atoms with van der Waals surface area (Å²) in [6.07, 6.45) is 2.45. The summed E-state index contributed by atoms with van der Waals surface area (Å²) in [6, 6.07) is 12.7. The topological polar surface area (TPSA) is 132 Å². The minimum atomic E-state index is -3.57. The van der Waals surface area contributed by atoms with Crippen molar-refractivity contribution in [3.63, 3.8) is 0 Å². The molecule has 1 amide bonds. The van der Waals surface area contributed by atoms with Crippen molar-refractivity contribution in [2.75, 3.05) is 52.8 Å². The van der Waals surface area contributed by atoms with Gasteiger partial charge in [0.25, 0.3) is 0 Å². The molecule has 5 rings (SSSR count). The molecule has 2 N–H and O–H groups in total. The molecule has 10 nitrogen and oxygen atoms in total. The number of carbonyl (C=O) groups excluding carboxylic acids is 1. The fourth-order valence-corrected chi connectivity index (χ4v) is 7.51. The number of aromatic nitrogens is 1. The summed E-state index contributed by atoms with van der Waals surface area (Å²) in [5, 5.41) is 14.9. The minimum absolute atomic E-state index is 0.107. The predicted octanol–water partition coefficient (Wildman–Crippen LogP) is 3.34. The largest absolute Gasteiger partial charge is 0.492 e. The van der Waals surface area contributed by atoms with Gasteiger partial charge in [-0.1, -0.05) is 24.3 Å². The first-order valence-electron chi connectivity index (χ1n) is 14.4. The Morgan fingerprint density at radius 1 is 1.14 bits per heavy atom. The van der Waals surface area contributed by atoms with Crippen LogP contribution in [0.1, 0.15) is 29.0 Å². The van der Waals surface area contributed by atoms with Gasteiger partial charge in [0, 0.05) is 23.6 Å². The van der Waals surface area contributed by atoms with Gasteiger partial charge < -0.3 is 24.4 Å². The summed E-state index contributed by atoms with van der Waals surface area (Å²) in [4.78, 5) is 29.8. The third kappa shape index (κ3) is 7.43. The minimum Gasteiger partial charge on any atom is -0.492 e. The number of nitrogens with one attached hydrogen (secondary N) is 1. The van der Waals surface area contributed by atoms with Crippen LogP contribution in [-0.4, -0.2) is 87.6 Å². The molecule has 2 aliphatic rings. The molecule has 1 aromatic heterocycles. The van der Waals surface area contributed by atoms with Crippen molar-refractivity contribution in [2.45, 2.75) is 37.1 Å². The maximum atomic E-state index is 13.3. The number of hydrogen-bond donors (Lipinski definition) is 2. The number of carbonyl (C=O) groups is 2. The first-order valence-corrected chi connectivity index (χ1v) is 17.1. The third-order valence-electron chi connectivity index (χ3n) is 8.39. The van der Waals surface area contributed by atoms with E-state index in [0.29, 0.717) is 41.5 Å². The van der Waals surface area contributed by atoms with Gasteiger partial charge in [-0.3, -0.25) is 9.59 Å². The van der Waals surface area contributed by atoms with Gasteiger partial charge >= 0.3 is 5.97 Å². The highest BCUT2D eigenvalue weighted by Crippen LogP contribution is 2.40. The van der Waals surface area contributed by atoms with E-state index in [4.69, 9.17) is 9.47 Å². The molecular formula is C31H38N3O7S2+. The summed E-state index contributed by atoms with van der Waals surface area (Å²) in [7, 11) is -1.37. The SMILES string of the molecule is C[N+]1(CCCOc2ccc(-c3csc(CNC(=O)C4(CC(=O)O)Cc5ccccc5C4)n3)cc2S(C)(=O)=O)CCOCC1. The maximum Gasteiger partial charge on any atom is 0.304 e. The van der Waals surface area contributed by atoms with Crippen LogP contribution < -0.4 is 10.1 Å². The van der Waals surface area contributed by atoms with E-state index in [2.05, 4.69) is 17.3 Å². The Morgan fingerprint density at radius 3 is 2.49 bits per heavy atom. The number of carboxylic acids is 1. The van der Waals surface area contributed by atoms with Gasteiger partial charge in [-0.25, -0.2) is 13.4 Å². The number of quaternary nitrogens is 1. The number of rotatable bonds is 12. The highest BCUT2D eigenvalue weighted by Gasteiger charge is 2.45. The molecule has 1 saturated heterocycles. The van der Waals surface area contributed by atoms with E-state index in [1.54, 1.807) is 18.2 Å². The second-order valence-electron chi connectivity index (χ2n) is 11.8. The van der Waals surface area contributed by atoms with Crippen LogP contribution >= 0.6 is 11.3 Å². The molecule has 43 heavy (non-hydrogen) atoms. The summed E-state index contributed by atoms with van der Waals surface area (Å²) in [5.41, 5.74) is 2.16. The van der Waals surface area contributed by atoms with Gasteiger partial charge in [-0.05, 0) is 42.2 Å². The van der Waals surface area contributed by atoms with Crippen LogP contribution in [0.4, 0.5) is 0 Å². The van der Waals surface area contributed by atoms with Crippen molar-refractivity contribution in [3.05, 3.63) is 64.0 Å². The highest BCUT2D eigenvalue weighted by atomic mass is 32.2. The zero-order chi connectivity index (χ0) is 30.7. The van der Waals surface area contributed by atoms with Crippen LogP contribution in [-0.2, 0) is 43.5 Å². The number of nitrogens with zero attached hydrogens (tertiary/aromatic N) is 2. The molecule has 230 valence electrons. The Hall–Kier alpha value is -3.32. The summed E-state index contributed by atoms with van der Waals surface area (Å²) < 4.78 is 37.6. The number of morpholine rings is 1. The second kappa shape index (κ2) is 12.7. The molecule has 0 saturated carbocycles. The van der Waals surface area contributed by atoms with Gasteiger partial charge in [-0.2, -0.15) is 0 Å². The zero-order valence-electron chi connectivity index (χ0n) is 24.5. The normalized spacial score (nSPS) is 17.3. The molecule has 1 aliphatic carbocycles. The Balaban J connectivity index is 1.23. The molecule has 3 aromatic rings. The second-order valence-corrected chi connectivity index (χ2v) is 14.7. The number of hydrogen-bond acceptors (Lipinski definition) is 8. The number of benzene rings is 2. The summed E-state index contributed by atoms with van der Waals surface area (Å²) >= 11 is 1.34. The van der Waals surface area contributed by atoms with Gasteiger partial charge in [-0.15, -0.1) is 11.3 Å². The van der Waals surface area contributed by atoms with E-state index >= 15 is 0 Å². The van der Waals surface area contributed by atoms with Crippen molar-refractivity contribution in [1.82, 2.24) is 10.3 Å². The number of thiazole rings is 1. The lowest BCUT2D eigenvalue weighted by Crippen LogP contribution is -2.52. The molecule has 0 atom stereocenters. The summed E-state index contributed by atoms with van der Waals surface area (Å²) in [5.74, 6) is -1.01. The molecule has 0 unspecified atom stereocenters. The van der Waals surface area contributed by atoms with E-state index in [-0.39, 0.29) is 23.8 Å². The monoisotopic (exact) mass is 628 g/mol. The van der Waals surface area contributed by atoms with Crippen LogP contribution in [0.3, 0.4) is 0 Å². The van der Waals surface area contributed by atoms with Crippen molar-refractivity contribution in [2.24, 2.45) is 5.41 Å². The number of amides is 1. The van der Waals surface area contributed by atoms with Gasteiger partial charge in [0.15, 0.2) is 9.84 Å². The number of aliphatic carboxylic acids is 1. The van der Waals surface area contributed by atoms with E-state index in [0.717, 1.165) is 61.1 Å². The Bertz CT molecular complexity index is 1570. The van der Waals surface area contributed by atoms with Crippen LogP contribution in [0, 0.1) is 5.41 Å². The molecule has 1 fully saturated rings. The quantitative estimate of drug-likeness (QED) is 0.231. The summed E-state index contributed by atoms with van der Waals surface area (Å²) in [6.45, 7) is 4.90. The lowest BCUT2D eigenvalue weighted by atomic mass is 9.80. The van der Waals surface area contributed by atoms with Crippen LogP contribution in [0.5, 0.6) is 5.75 Å². The average Bonchev–Trinajstić information content (AvgIpc) is 3.59. The molecule has 12 heteroatoms. The number of carboxylic acid groups (broad SMARTS) is 1. The zero-order valence-corrected chi connectivity index (χ0v) is 26.1. The fourth-order valence-electron chi connectivity index (χ4n) is 5.93. The van der Waals surface area contributed by atoms with Gasteiger partial charge in [0.1, 0.15) is 28.7 Å². The number of fused-ring (bicyclic) bond motifs is 1. The van der Waals surface area contributed by atoms with Crippen LogP contribution in [0.15, 0.2) is 52.7 Å². The molecule has 1 aliphatic heterocycles. The molecule has 0 radical (unpaired) electrons. The molecule has 0 bridgehead atoms. The smallest absolute Gasteiger partial charge is 0.304 e. The standard InChI is InChI=1S/C31H37N3O7S2/c1-34(11-14-40-15-12-34)10-5-13-41-26-9-8-22(16-27(26)43(2,38)39)25-21-42-28(33-25)20-32-30(37)31(19-29(35)36)17-23-6-3-4-7-24(23)18-31/h3-4,6-9,16,21H,5,10-15,17-20H2,1-2H3,(H-,32,35,36,37)/p+1. The lowest BCUT2D eigenvalue weighted by Gasteiger charge is -2.37.